The van der Waals surface area contributed by atoms with E-state index in [9.17, 15) is 14.0 Å². The fourth-order valence-corrected chi connectivity index (χ4v) is 3.13. The third-order valence-corrected chi connectivity index (χ3v) is 5.01. The number of oxime groups is 1. The van der Waals surface area contributed by atoms with Crippen LogP contribution in [0.2, 0.25) is 0 Å². The van der Waals surface area contributed by atoms with Gasteiger partial charge in [0.25, 0.3) is 0 Å². The zero-order chi connectivity index (χ0) is 20.8. The maximum Gasteiger partial charge on any atom is 0.323 e. The molecule has 2 N–H and O–H groups in total. The van der Waals surface area contributed by atoms with Gasteiger partial charge in [-0.05, 0) is 64.2 Å². The average molecular weight is 469 g/mol. The lowest BCUT2D eigenvalue weighted by Crippen LogP contribution is -2.42. The van der Waals surface area contributed by atoms with Gasteiger partial charge in [0.1, 0.15) is 17.8 Å². The molecule has 0 radical (unpaired) electrons. The highest BCUT2D eigenvalue weighted by Gasteiger charge is 2.26. The molecule has 1 aliphatic rings. The Labute approximate surface area is 173 Å². The molecule has 2 aromatic rings. The Kier molecular flexibility index (Phi) is 6.75. The summed E-state index contributed by atoms with van der Waals surface area (Å²) in [6, 6.07) is 3.83. The molecule has 1 aromatic carbocycles. The van der Waals surface area contributed by atoms with Crippen molar-refractivity contribution in [3.63, 3.8) is 0 Å². The van der Waals surface area contributed by atoms with Crippen LogP contribution in [-0.4, -0.2) is 46.3 Å². The van der Waals surface area contributed by atoms with Gasteiger partial charge < -0.3 is 4.90 Å². The number of urea groups is 1. The summed E-state index contributed by atoms with van der Waals surface area (Å²) in [5.74, 6) is -0.174. The summed E-state index contributed by atoms with van der Waals surface area (Å²) in [5, 5.41) is 13.5. The molecule has 0 atom stereocenters. The number of hydrogen-bond donors (Lipinski definition) is 2. The van der Waals surface area contributed by atoms with Gasteiger partial charge in [-0.3, -0.25) is 15.0 Å². The van der Waals surface area contributed by atoms with Crippen molar-refractivity contribution in [2.24, 2.45) is 11.1 Å². The van der Waals surface area contributed by atoms with E-state index in [1.54, 1.807) is 11.8 Å². The Morgan fingerprint density at radius 3 is 2.83 bits per heavy atom. The molecule has 0 spiro atoms. The number of nitrogens with zero attached hydrogens (tertiary/aromatic N) is 4. The first-order valence-electron chi connectivity index (χ1n) is 8.73. The van der Waals surface area contributed by atoms with E-state index in [-0.39, 0.29) is 33.7 Å². The van der Waals surface area contributed by atoms with E-state index >= 15 is 0 Å². The number of amides is 2. The normalized spacial score (nSPS) is 14.8. The molecule has 154 valence electrons. The lowest BCUT2D eigenvalue weighted by Gasteiger charge is -2.30. The molecule has 1 saturated heterocycles. The van der Waals surface area contributed by atoms with E-state index < -0.39 is 5.82 Å². The number of Topliss-reactive ketones (excluding diaryl/α,β-unsaturated/α-hetero) is 1. The number of benzene rings is 1. The smallest absolute Gasteiger partial charge is 0.323 e. The Morgan fingerprint density at radius 2 is 2.14 bits per heavy atom. The zero-order valence-corrected chi connectivity index (χ0v) is 17.0. The number of nitrogens with one attached hydrogen (secondary N) is 2. The summed E-state index contributed by atoms with van der Waals surface area (Å²) in [6.45, 7) is 2.52. The zero-order valence-electron chi connectivity index (χ0n) is 15.4. The van der Waals surface area contributed by atoms with E-state index in [0.29, 0.717) is 31.6 Å². The molecule has 3 rings (SSSR count). The first kappa shape index (κ1) is 20.7. The number of carbonyl (C=O) groups is 2. The number of piperidine rings is 1. The fraction of sp³-hybridized carbons (Fsp3) is 0.353. The summed E-state index contributed by atoms with van der Waals surface area (Å²) in [6.07, 6.45) is 2.46. The molecular weight excluding hydrogens is 451 g/mol. The second kappa shape index (κ2) is 9.45. The molecule has 0 aliphatic carbocycles. The molecule has 0 unspecified atom stereocenters. The molecule has 10 nitrogen and oxygen atoms in total. The van der Waals surface area contributed by atoms with Crippen LogP contribution in [0.5, 0.6) is 0 Å². The fourth-order valence-electron chi connectivity index (χ4n) is 2.75. The van der Waals surface area contributed by atoms with Crippen LogP contribution in [-0.2, 0) is 9.73 Å². The van der Waals surface area contributed by atoms with Crippen molar-refractivity contribution in [1.29, 1.82) is 0 Å². The SMILES string of the molecule is CC(=O)C1CCN(C(=O)Nc2nonc2/C=N/ONc2ccc(F)c(Br)c2)CC1. The summed E-state index contributed by atoms with van der Waals surface area (Å²) >= 11 is 3.06. The van der Waals surface area contributed by atoms with Crippen molar-refractivity contribution in [2.45, 2.75) is 19.8 Å². The van der Waals surface area contributed by atoms with E-state index in [2.05, 4.69) is 46.8 Å². The Morgan fingerprint density at radius 1 is 1.38 bits per heavy atom. The van der Waals surface area contributed by atoms with Crippen molar-refractivity contribution in [3.8, 4) is 0 Å². The average Bonchev–Trinajstić information content (AvgIpc) is 3.14. The first-order valence-corrected chi connectivity index (χ1v) is 9.52. The lowest BCUT2D eigenvalue weighted by molar-refractivity contribution is -0.121. The minimum Gasteiger partial charge on any atom is -0.324 e. The second-order valence-corrected chi connectivity index (χ2v) is 7.21. The quantitative estimate of drug-likeness (QED) is 0.492. The number of carbonyl (C=O) groups excluding carboxylic acids is 2. The summed E-state index contributed by atoms with van der Waals surface area (Å²) in [5.41, 5.74) is 3.12. The standard InChI is InChI=1S/C17H18BrFN6O4/c1-10(26)11-4-6-25(7-5-11)17(27)21-16-15(23-29-24-16)9-20-28-22-12-2-3-14(19)13(18)8-12/h2-3,8-9,11,22H,4-7H2,1H3,(H,21,24,27)/b20-9+. The monoisotopic (exact) mass is 468 g/mol. The maximum absolute atomic E-state index is 13.2. The van der Waals surface area contributed by atoms with Crippen molar-refractivity contribution < 1.29 is 23.5 Å². The van der Waals surface area contributed by atoms with Crippen LogP contribution >= 0.6 is 15.9 Å². The third-order valence-electron chi connectivity index (χ3n) is 4.41. The van der Waals surface area contributed by atoms with E-state index in [1.807, 2.05) is 0 Å². The van der Waals surface area contributed by atoms with Gasteiger partial charge in [0.2, 0.25) is 5.82 Å². The molecule has 29 heavy (non-hydrogen) atoms. The number of hydrogen-bond acceptors (Lipinski definition) is 8. The van der Waals surface area contributed by atoms with Crippen molar-refractivity contribution in [1.82, 2.24) is 15.2 Å². The molecule has 2 amide bonds. The second-order valence-electron chi connectivity index (χ2n) is 6.36. The van der Waals surface area contributed by atoms with Crippen LogP contribution in [0, 0.1) is 11.7 Å². The predicted octanol–water partition coefficient (Wildman–Crippen LogP) is 3.18. The lowest BCUT2D eigenvalue weighted by atomic mass is 9.93. The molecular formula is C17H18BrFN6O4. The van der Waals surface area contributed by atoms with Gasteiger partial charge in [-0.25, -0.2) is 13.8 Å². The van der Waals surface area contributed by atoms with E-state index in [4.69, 9.17) is 4.94 Å². The number of aromatic nitrogens is 2. The number of halogens is 2. The maximum atomic E-state index is 13.2. The molecule has 12 heteroatoms. The highest BCUT2D eigenvalue weighted by Crippen LogP contribution is 2.20. The van der Waals surface area contributed by atoms with Gasteiger partial charge in [-0.1, -0.05) is 5.16 Å². The van der Waals surface area contributed by atoms with Crippen LogP contribution in [0.3, 0.4) is 0 Å². The van der Waals surface area contributed by atoms with Crippen molar-refractivity contribution >= 4 is 45.5 Å². The summed E-state index contributed by atoms with van der Waals surface area (Å²) < 4.78 is 18.1. The van der Waals surface area contributed by atoms with Crippen LogP contribution in [0.25, 0.3) is 0 Å². The third kappa shape index (κ3) is 5.50. The number of rotatable bonds is 6. The largest absolute Gasteiger partial charge is 0.324 e. The summed E-state index contributed by atoms with van der Waals surface area (Å²) in [4.78, 5) is 30.3. The number of ketones is 1. The van der Waals surface area contributed by atoms with E-state index in [0.717, 1.165) is 0 Å². The highest BCUT2D eigenvalue weighted by atomic mass is 79.9. The Balaban J connectivity index is 1.51. The van der Waals surface area contributed by atoms with Crippen LogP contribution in [0.1, 0.15) is 25.5 Å². The number of likely N-dealkylation sites (tertiary alicyclic amines) is 1. The minimum atomic E-state index is -0.404. The van der Waals surface area contributed by atoms with Gasteiger partial charge in [0.05, 0.1) is 10.2 Å². The molecule has 0 saturated carbocycles. The highest BCUT2D eigenvalue weighted by molar-refractivity contribution is 9.10. The summed E-state index contributed by atoms with van der Waals surface area (Å²) in [7, 11) is 0. The van der Waals surface area contributed by atoms with Crippen molar-refractivity contribution in [2.75, 3.05) is 23.9 Å². The van der Waals surface area contributed by atoms with E-state index in [1.165, 1.54) is 24.4 Å². The van der Waals surface area contributed by atoms with Gasteiger partial charge in [0.15, 0.2) is 5.69 Å². The topological polar surface area (TPSA) is 122 Å². The first-order chi connectivity index (χ1) is 13.9. The molecule has 1 aliphatic heterocycles. The Bertz CT molecular complexity index is 913. The van der Waals surface area contributed by atoms with Crippen molar-refractivity contribution in [3.05, 3.63) is 34.2 Å². The number of anilines is 2. The van der Waals surface area contributed by atoms with Gasteiger partial charge in [-0.15, -0.1) is 0 Å². The Hall–Kier alpha value is -3.02. The predicted molar refractivity (Wildman–Crippen MR) is 105 cm³/mol. The molecule has 2 heterocycles. The molecule has 0 bridgehead atoms. The minimum absolute atomic E-state index is 0.00170. The van der Waals surface area contributed by atoms with Gasteiger partial charge in [-0.2, -0.15) is 5.48 Å². The molecule has 1 fully saturated rings. The molecule has 1 aromatic heterocycles. The van der Waals surface area contributed by atoms with Crippen LogP contribution < -0.4 is 10.8 Å². The van der Waals surface area contributed by atoms with Crippen LogP contribution in [0.4, 0.5) is 20.7 Å². The van der Waals surface area contributed by atoms with Gasteiger partial charge in [0, 0.05) is 19.0 Å². The van der Waals surface area contributed by atoms with Crippen LogP contribution in [0.15, 0.2) is 32.5 Å². The van der Waals surface area contributed by atoms with Gasteiger partial charge >= 0.3 is 6.03 Å².